The van der Waals surface area contributed by atoms with Crippen LogP contribution >= 0.6 is 11.3 Å². The Balaban J connectivity index is 1.62. The summed E-state index contributed by atoms with van der Waals surface area (Å²) in [5, 5.41) is 1.71. The van der Waals surface area contributed by atoms with Crippen LogP contribution in [0.4, 0.5) is 5.69 Å². The van der Waals surface area contributed by atoms with Crippen LogP contribution in [0.2, 0.25) is 0 Å². The first kappa shape index (κ1) is 24.0. The Morgan fingerprint density at radius 1 is 0.970 bits per heavy atom. The molecule has 0 aliphatic carbocycles. The second-order valence-electron chi connectivity index (χ2n) is 7.01. The number of hydrazine groups is 1. The van der Waals surface area contributed by atoms with Gasteiger partial charge in [-0.2, -0.15) is 0 Å². The van der Waals surface area contributed by atoms with Crippen molar-refractivity contribution in [2.24, 2.45) is 0 Å². The van der Waals surface area contributed by atoms with Crippen LogP contribution in [-0.2, 0) is 19.6 Å². The summed E-state index contributed by atoms with van der Waals surface area (Å²) in [5.74, 6) is -2.14. The highest BCUT2D eigenvalue weighted by Gasteiger charge is 2.20. The Hall–Kier alpha value is -3.70. The van der Waals surface area contributed by atoms with Crippen LogP contribution in [-0.4, -0.2) is 32.8 Å². The van der Waals surface area contributed by atoms with Gasteiger partial charge in [-0.05, 0) is 60.7 Å². The average molecular weight is 488 g/mol. The van der Waals surface area contributed by atoms with E-state index in [2.05, 4.69) is 15.6 Å². The van der Waals surface area contributed by atoms with Crippen molar-refractivity contribution in [1.29, 1.82) is 0 Å². The van der Waals surface area contributed by atoms with Crippen molar-refractivity contribution >= 4 is 44.8 Å². The van der Waals surface area contributed by atoms with Gasteiger partial charge in [0.1, 0.15) is 0 Å². The number of esters is 1. The fraction of sp³-hybridized carbons (Fsp3) is 0.136. The minimum Gasteiger partial charge on any atom is -0.452 e. The third-order valence-corrected chi connectivity index (χ3v) is 6.77. The van der Waals surface area contributed by atoms with E-state index < -0.39 is 34.4 Å². The maximum Gasteiger partial charge on any atom is 0.338 e. The fourth-order valence-electron chi connectivity index (χ4n) is 2.78. The zero-order valence-electron chi connectivity index (χ0n) is 17.7. The van der Waals surface area contributed by atoms with Gasteiger partial charge in [0.25, 0.3) is 21.8 Å². The van der Waals surface area contributed by atoms with Gasteiger partial charge in [0.2, 0.25) is 0 Å². The highest BCUT2D eigenvalue weighted by Crippen LogP contribution is 2.22. The largest absolute Gasteiger partial charge is 0.452 e. The van der Waals surface area contributed by atoms with E-state index in [1.165, 1.54) is 29.5 Å². The molecule has 0 bridgehead atoms. The first-order valence-electron chi connectivity index (χ1n) is 9.65. The lowest BCUT2D eigenvalue weighted by atomic mass is 10.1. The molecule has 0 saturated heterocycles. The van der Waals surface area contributed by atoms with Gasteiger partial charge in [0.05, 0.1) is 15.3 Å². The molecule has 2 aromatic carbocycles. The number of rotatable bonds is 7. The van der Waals surface area contributed by atoms with E-state index in [9.17, 15) is 22.8 Å². The topological polar surface area (TPSA) is 131 Å². The van der Waals surface area contributed by atoms with Crippen molar-refractivity contribution in [3.63, 3.8) is 0 Å². The van der Waals surface area contributed by atoms with Crippen LogP contribution in [0, 0.1) is 13.8 Å². The standard InChI is InChI=1S/C22H21N3O6S2/c1-14-5-3-6-17(11-14)25-33(29,30)19-12-16(9-8-15(19)2)22(28)31-13-20(26)23-24-21(27)18-7-4-10-32-18/h3-12,25H,13H2,1-2H3,(H,23,26)(H,24,27). The van der Waals surface area contributed by atoms with Gasteiger partial charge >= 0.3 is 5.97 Å². The van der Waals surface area contributed by atoms with Crippen LogP contribution in [0.25, 0.3) is 0 Å². The number of carbonyl (C=O) groups is 3. The number of carbonyl (C=O) groups excluding carboxylic acids is 3. The van der Waals surface area contributed by atoms with E-state index in [1.54, 1.807) is 42.6 Å². The van der Waals surface area contributed by atoms with E-state index in [0.29, 0.717) is 16.1 Å². The van der Waals surface area contributed by atoms with Gasteiger partial charge in [-0.25, -0.2) is 13.2 Å². The zero-order chi connectivity index (χ0) is 24.0. The molecule has 0 spiro atoms. The maximum absolute atomic E-state index is 12.9. The average Bonchev–Trinajstić information content (AvgIpc) is 3.31. The number of anilines is 1. The Kier molecular flexibility index (Phi) is 7.46. The van der Waals surface area contributed by atoms with Crippen molar-refractivity contribution in [3.8, 4) is 0 Å². The molecule has 0 atom stereocenters. The van der Waals surface area contributed by atoms with E-state index in [-0.39, 0.29) is 10.5 Å². The summed E-state index contributed by atoms with van der Waals surface area (Å²) in [5.41, 5.74) is 6.01. The van der Waals surface area contributed by atoms with E-state index >= 15 is 0 Å². The summed E-state index contributed by atoms with van der Waals surface area (Å²) < 4.78 is 33.1. The molecule has 1 heterocycles. The van der Waals surface area contributed by atoms with E-state index in [1.807, 2.05) is 13.0 Å². The molecule has 3 aromatic rings. The number of ether oxygens (including phenoxy) is 1. The Labute approximate surface area is 194 Å². The first-order valence-corrected chi connectivity index (χ1v) is 12.0. The molecular weight excluding hydrogens is 466 g/mol. The Morgan fingerprint density at radius 2 is 1.76 bits per heavy atom. The van der Waals surface area contributed by atoms with Gasteiger partial charge in [-0.15, -0.1) is 11.3 Å². The second kappa shape index (κ2) is 10.3. The van der Waals surface area contributed by atoms with Crippen LogP contribution < -0.4 is 15.6 Å². The smallest absolute Gasteiger partial charge is 0.338 e. The van der Waals surface area contributed by atoms with Crippen LogP contribution in [0.3, 0.4) is 0 Å². The van der Waals surface area contributed by atoms with Crippen molar-refractivity contribution in [2.45, 2.75) is 18.7 Å². The maximum atomic E-state index is 12.9. The van der Waals surface area contributed by atoms with E-state index in [4.69, 9.17) is 4.74 Å². The van der Waals surface area contributed by atoms with E-state index in [0.717, 1.165) is 5.56 Å². The number of benzene rings is 2. The molecular formula is C22H21N3O6S2. The quantitative estimate of drug-likeness (QED) is 0.347. The summed E-state index contributed by atoms with van der Waals surface area (Å²) >= 11 is 1.20. The molecule has 33 heavy (non-hydrogen) atoms. The molecule has 0 saturated carbocycles. The Morgan fingerprint density at radius 3 is 2.45 bits per heavy atom. The number of sulfonamides is 1. The lowest BCUT2D eigenvalue weighted by Gasteiger charge is -2.12. The molecule has 3 rings (SSSR count). The molecule has 172 valence electrons. The highest BCUT2D eigenvalue weighted by molar-refractivity contribution is 7.92. The summed E-state index contributed by atoms with van der Waals surface area (Å²) in [6, 6.07) is 14.2. The van der Waals surface area contributed by atoms with Gasteiger partial charge in [-0.3, -0.25) is 25.2 Å². The highest BCUT2D eigenvalue weighted by atomic mass is 32.2. The molecule has 0 aliphatic heterocycles. The lowest BCUT2D eigenvalue weighted by molar-refractivity contribution is -0.125. The van der Waals surface area contributed by atoms with Gasteiger partial charge < -0.3 is 4.74 Å². The molecule has 11 heteroatoms. The van der Waals surface area contributed by atoms with Gasteiger partial charge in [-0.1, -0.05) is 24.3 Å². The third-order valence-electron chi connectivity index (χ3n) is 4.38. The number of amides is 2. The Bertz CT molecular complexity index is 1290. The third kappa shape index (κ3) is 6.40. The summed E-state index contributed by atoms with van der Waals surface area (Å²) in [4.78, 5) is 36.3. The molecule has 1 aromatic heterocycles. The molecule has 0 unspecified atom stereocenters. The fourth-order valence-corrected chi connectivity index (χ4v) is 4.72. The number of hydrogen-bond donors (Lipinski definition) is 3. The van der Waals surface area contributed by atoms with Crippen molar-refractivity contribution < 1.29 is 27.5 Å². The van der Waals surface area contributed by atoms with Gasteiger partial charge in [0.15, 0.2) is 6.61 Å². The summed E-state index contributed by atoms with van der Waals surface area (Å²) in [6.45, 7) is 2.77. The minimum absolute atomic E-state index is 0.0411. The molecule has 2 amide bonds. The summed E-state index contributed by atoms with van der Waals surface area (Å²) in [6.07, 6.45) is 0. The number of aryl methyl sites for hydroxylation is 2. The number of nitrogens with one attached hydrogen (secondary N) is 3. The van der Waals surface area contributed by atoms with Gasteiger partial charge in [0, 0.05) is 5.69 Å². The monoisotopic (exact) mass is 487 g/mol. The van der Waals surface area contributed by atoms with Crippen molar-refractivity contribution in [1.82, 2.24) is 10.9 Å². The molecule has 0 fully saturated rings. The van der Waals surface area contributed by atoms with Crippen molar-refractivity contribution in [3.05, 3.63) is 81.5 Å². The molecule has 0 radical (unpaired) electrons. The first-order chi connectivity index (χ1) is 15.7. The SMILES string of the molecule is Cc1cccc(NS(=O)(=O)c2cc(C(=O)OCC(=O)NNC(=O)c3cccs3)ccc2C)c1. The normalized spacial score (nSPS) is 10.8. The second-order valence-corrected chi connectivity index (χ2v) is 9.61. The minimum atomic E-state index is -3.97. The summed E-state index contributed by atoms with van der Waals surface area (Å²) in [7, 11) is -3.97. The molecule has 9 nitrogen and oxygen atoms in total. The van der Waals surface area contributed by atoms with Crippen molar-refractivity contribution in [2.75, 3.05) is 11.3 Å². The van der Waals surface area contributed by atoms with Crippen LogP contribution in [0.1, 0.15) is 31.2 Å². The molecule has 0 aliphatic rings. The zero-order valence-corrected chi connectivity index (χ0v) is 19.4. The number of hydrogen-bond acceptors (Lipinski definition) is 7. The van der Waals surface area contributed by atoms with Crippen LogP contribution in [0.15, 0.2) is 64.9 Å². The van der Waals surface area contributed by atoms with Crippen LogP contribution in [0.5, 0.6) is 0 Å². The molecule has 3 N–H and O–H groups in total. The predicted octanol–water partition coefficient (Wildman–Crippen LogP) is 2.78. The number of thiophene rings is 1. The lowest BCUT2D eigenvalue weighted by Crippen LogP contribution is -2.43. The predicted molar refractivity (Wildman–Crippen MR) is 123 cm³/mol.